The van der Waals surface area contributed by atoms with Crippen LogP contribution in [0.2, 0.25) is 5.02 Å². The first-order chi connectivity index (χ1) is 11.7. The first-order valence-corrected chi connectivity index (χ1v) is 8.66. The molecule has 0 saturated carbocycles. The molecule has 1 aromatic heterocycles. The number of halogens is 1. The third-order valence-corrected chi connectivity index (χ3v) is 4.85. The average Bonchev–Trinajstić information content (AvgIpc) is 3.14. The van der Waals surface area contributed by atoms with E-state index >= 15 is 0 Å². The molecule has 4 rings (SSSR count). The van der Waals surface area contributed by atoms with Gasteiger partial charge in [-0.25, -0.2) is 4.98 Å². The largest absolute Gasteiger partial charge is 0.392 e. The fourth-order valence-electron chi connectivity index (χ4n) is 3.35. The fraction of sp³-hybridized carbons (Fsp3) is 0.316. The standard InChI is InChI=1S/C19H20ClN3O/c20-15-7-5-14(6-8-15)11-23-18-4-2-1-3-17(18)21-19(23)13-22-10-9-16(24)12-22/h1-8,16,24H,9-13H2. The van der Waals surface area contributed by atoms with Crippen LogP contribution in [0.1, 0.15) is 17.8 Å². The van der Waals surface area contributed by atoms with E-state index in [4.69, 9.17) is 16.6 Å². The molecule has 2 aromatic carbocycles. The van der Waals surface area contributed by atoms with Gasteiger partial charge in [-0.2, -0.15) is 0 Å². The smallest absolute Gasteiger partial charge is 0.124 e. The Balaban J connectivity index is 1.68. The number of aliphatic hydroxyl groups excluding tert-OH is 1. The number of likely N-dealkylation sites (tertiary alicyclic amines) is 1. The molecule has 1 aliphatic rings. The summed E-state index contributed by atoms with van der Waals surface area (Å²) in [6.07, 6.45) is 0.635. The van der Waals surface area contributed by atoms with Gasteiger partial charge >= 0.3 is 0 Å². The van der Waals surface area contributed by atoms with Crippen molar-refractivity contribution in [3.8, 4) is 0 Å². The molecule has 4 nitrogen and oxygen atoms in total. The minimum absolute atomic E-state index is 0.209. The van der Waals surface area contributed by atoms with Crippen LogP contribution >= 0.6 is 11.6 Å². The zero-order valence-corrected chi connectivity index (χ0v) is 14.2. The number of hydrogen-bond acceptors (Lipinski definition) is 3. The van der Waals surface area contributed by atoms with E-state index in [1.807, 2.05) is 24.3 Å². The van der Waals surface area contributed by atoms with Crippen LogP contribution in [-0.4, -0.2) is 38.8 Å². The second kappa shape index (κ2) is 6.55. The van der Waals surface area contributed by atoms with Crippen molar-refractivity contribution >= 4 is 22.6 Å². The van der Waals surface area contributed by atoms with Crippen molar-refractivity contribution in [1.29, 1.82) is 0 Å². The Morgan fingerprint density at radius 3 is 2.62 bits per heavy atom. The van der Waals surface area contributed by atoms with Crippen LogP contribution in [0.25, 0.3) is 11.0 Å². The summed E-state index contributed by atoms with van der Waals surface area (Å²) in [5, 5.41) is 10.5. The van der Waals surface area contributed by atoms with Crippen LogP contribution in [0, 0.1) is 0 Å². The number of hydrogen-bond donors (Lipinski definition) is 1. The van der Waals surface area contributed by atoms with Crippen LogP contribution in [-0.2, 0) is 13.1 Å². The molecule has 1 unspecified atom stereocenters. The van der Waals surface area contributed by atoms with Gasteiger partial charge in [0, 0.05) is 24.7 Å². The van der Waals surface area contributed by atoms with Gasteiger partial charge in [0.15, 0.2) is 0 Å². The molecule has 24 heavy (non-hydrogen) atoms. The van der Waals surface area contributed by atoms with Crippen LogP contribution in [0.5, 0.6) is 0 Å². The molecule has 5 heteroatoms. The number of para-hydroxylation sites is 2. The first kappa shape index (κ1) is 15.6. The summed E-state index contributed by atoms with van der Waals surface area (Å²) < 4.78 is 2.27. The monoisotopic (exact) mass is 341 g/mol. The lowest BCUT2D eigenvalue weighted by atomic mass is 10.2. The highest BCUT2D eigenvalue weighted by atomic mass is 35.5. The van der Waals surface area contributed by atoms with E-state index < -0.39 is 0 Å². The molecule has 0 amide bonds. The summed E-state index contributed by atoms with van der Waals surface area (Å²) in [6, 6.07) is 16.2. The van der Waals surface area contributed by atoms with Gasteiger partial charge in [-0.3, -0.25) is 4.90 Å². The molecule has 124 valence electrons. The fourth-order valence-corrected chi connectivity index (χ4v) is 3.48. The molecule has 1 aliphatic heterocycles. The SMILES string of the molecule is OC1CCN(Cc2nc3ccccc3n2Cc2ccc(Cl)cc2)C1. The summed E-state index contributed by atoms with van der Waals surface area (Å²) in [5.74, 6) is 1.04. The molecule has 3 aromatic rings. The van der Waals surface area contributed by atoms with E-state index in [9.17, 15) is 5.11 Å². The summed E-state index contributed by atoms with van der Waals surface area (Å²) in [4.78, 5) is 7.10. The predicted molar refractivity (Wildman–Crippen MR) is 96.2 cm³/mol. The van der Waals surface area contributed by atoms with Gasteiger partial charge in [0.25, 0.3) is 0 Å². The highest BCUT2D eigenvalue weighted by Crippen LogP contribution is 2.21. The molecule has 1 fully saturated rings. The summed E-state index contributed by atoms with van der Waals surface area (Å²) in [5.41, 5.74) is 3.36. The summed E-state index contributed by atoms with van der Waals surface area (Å²) in [7, 11) is 0. The van der Waals surface area contributed by atoms with E-state index in [-0.39, 0.29) is 6.10 Å². The first-order valence-electron chi connectivity index (χ1n) is 8.28. The average molecular weight is 342 g/mol. The molecular weight excluding hydrogens is 322 g/mol. The molecular formula is C19H20ClN3O. The Morgan fingerprint density at radius 1 is 1.08 bits per heavy atom. The zero-order valence-electron chi connectivity index (χ0n) is 13.4. The Hall–Kier alpha value is -1.88. The number of aromatic nitrogens is 2. The molecule has 1 atom stereocenters. The molecule has 0 radical (unpaired) electrons. The van der Waals surface area contributed by atoms with Crippen LogP contribution < -0.4 is 0 Å². The molecule has 1 N–H and O–H groups in total. The highest BCUT2D eigenvalue weighted by Gasteiger charge is 2.22. The van der Waals surface area contributed by atoms with E-state index in [0.29, 0.717) is 0 Å². The molecule has 0 bridgehead atoms. The van der Waals surface area contributed by atoms with Crippen LogP contribution in [0.15, 0.2) is 48.5 Å². The van der Waals surface area contributed by atoms with Gasteiger partial charge in [0.05, 0.1) is 23.7 Å². The van der Waals surface area contributed by atoms with Crippen LogP contribution in [0.4, 0.5) is 0 Å². The Labute approximate surface area is 146 Å². The lowest BCUT2D eigenvalue weighted by Crippen LogP contribution is -2.23. The molecule has 2 heterocycles. The number of aliphatic hydroxyl groups is 1. The Kier molecular flexibility index (Phi) is 4.27. The van der Waals surface area contributed by atoms with Crippen molar-refractivity contribution in [2.24, 2.45) is 0 Å². The van der Waals surface area contributed by atoms with Crippen LogP contribution in [0.3, 0.4) is 0 Å². The van der Waals surface area contributed by atoms with E-state index in [2.05, 4.69) is 33.7 Å². The van der Waals surface area contributed by atoms with E-state index in [1.165, 1.54) is 5.56 Å². The van der Waals surface area contributed by atoms with Crippen molar-refractivity contribution in [2.75, 3.05) is 13.1 Å². The topological polar surface area (TPSA) is 41.3 Å². The Bertz CT molecular complexity index is 843. The maximum Gasteiger partial charge on any atom is 0.124 e. The van der Waals surface area contributed by atoms with Gasteiger partial charge in [-0.15, -0.1) is 0 Å². The van der Waals surface area contributed by atoms with Crippen molar-refractivity contribution in [3.05, 3.63) is 64.9 Å². The van der Waals surface area contributed by atoms with Crippen molar-refractivity contribution in [3.63, 3.8) is 0 Å². The molecule has 1 saturated heterocycles. The number of benzene rings is 2. The zero-order chi connectivity index (χ0) is 16.5. The second-order valence-electron chi connectivity index (χ2n) is 6.41. The third-order valence-electron chi connectivity index (χ3n) is 4.60. The van der Waals surface area contributed by atoms with Crippen molar-refractivity contribution in [1.82, 2.24) is 14.5 Å². The van der Waals surface area contributed by atoms with Gasteiger partial charge in [-0.1, -0.05) is 35.9 Å². The van der Waals surface area contributed by atoms with E-state index in [0.717, 1.165) is 54.5 Å². The number of fused-ring (bicyclic) bond motifs is 1. The van der Waals surface area contributed by atoms with Gasteiger partial charge in [0.1, 0.15) is 5.82 Å². The van der Waals surface area contributed by atoms with Gasteiger partial charge < -0.3 is 9.67 Å². The maximum absolute atomic E-state index is 9.77. The molecule has 0 spiro atoms. The van der Waals surface area contributed by atoms with Crippen molar-refractivity contribution in [2.45, 2.75) is 25.6 Å². The van der Waals surface area contributed by atoms with Crippen molar-refractivity contribution < 1.29 is 5.11 Å². The number of rotatable bonds is 4. The van der Waals surface area contributed by atoms with Gasteiger partial charge in [0.2, 0.25) is 0 Å². The predicted octanol–water partition coefficient (Wildman–Crippen LogP) is 3.30. The lowest BCUT2D eigenvalue weighted by Gasteiger charge is -2.16. The van der Waals surface area contributed by atoms with E-state index in [1.54, 1.807) is 0 Å². The minimum Gasteiger partial charge on any atom is -0.392 e. The number of nitrogens with zero attached hydrogens (tertiary/aromatic N) is 3. The quantitative estimate of drug-likeness (QED) is 0.791. The summed E-state index contributed by atoms with van der Waals surface area (Å²) in [6.45, 7) is 3.18. The Morgan fingerprint density at radius 2 is 1.88 bits per heavy atom. The minimum atomic E-state index is -0.209. The second-order valence-corrected chi connectivity index (χ2v) is 6.84. The maximum atomic E-state index is 9.77. The number of β-amino-alcohol motifs (C(OH)–C–C–N with tert-alkyl or cyclic N) is 1. The summed E-state index contributed by atoms with van der Waals surface area (Å²) >= 11 is 6.00. The lowest BCUT2D eigenvalue weighted by molar-refractivity contribution is 0.173. The highest BCUT2D eigenvalue weighted by molar-refractivity contribution is 6.30. The van der Waals surface area contributed by atoms with Gasteiger partial charge in [-0.05, 0) is 36.2 Å². The number of imidazole rings is 1. The normalized spacial score (nSPS) is 18.5. The third kappa shape index (κ3) is 3.18. The molecule has 0 aliphatic carbocycles.